The van der Waals surface area contributed by atoms with Crippen molar-refractivity contribution >= 4 is 26.8 Å². The molecule has 1 aromatic heterocycles. The zero-order chi connectivity index (χ0) is 12.4. The topological polar surface area (TPSA) is 30.9 Å². The maximum absolute atomic E-state index is 5.69. The first-order valence-corrected chi connectivity index (χ1v) is 6.89. The minimum Gasteiger partial charge on any atom is -0.347 e. The number of nitrogens with two attached hydrogens (primary N) is 1. The Bertz CT molecular complexity index is 514. The van der Waals surface area contributed by atoms with E-state index in [1.807, 2.05) is 0 Å². The summed E-state index contributed by atoms with van der Waals surface area (Å²) in [6, 6.07) is 6.38. The second-order valence-electron chi connectivity index (χ2n) is 4.87. The summed E-state index contributed by atoms with van der Waals surface area (Å²) in [7, 11) is 0. The zero-order valence-corrected chi connectivity index (χ0v) is 12.0. The van der Waals surface area contributed by atoms with E-state index >= 15 is 0 Å². The largest absolute Gasteiger partial charge is 0.347 e. The average Bonchev–Trinajstić information content (AvgIpc) is 2.58. The summed E-state index contributed by atoms with van der Waals surface area (Å²) < 4.78 is 3.51. The molecule has 0 saturated heterocycles. The molecular formula is C14H19BrN2. The third-order valence-electron chi connectivity index (χ3n) is 2.91. The summed E-state index contributed by atoms with van der Waals surface area (Å²) in [6.45, 7) is 6.23. The van der Waals surface area contributed by atoms with Gasteiger partial charge in [-0.25, -0.2) is 0 Å². The molecule has 2 N–H and O–H groups in total. The van der Waals surface area contributed by atoms with E-state index in [0.29, 0.717) is 12.5 Å². The predicted octanol–water partition coefficient (Wildman–Crippen LogP) is 3.56. The second kappa shape index (κ2) is 5.23. The highest BCUT2D eigenvalue weighted by Gasteiger charge is 2.11. The molecular weight excluding hydrogens is 276 g/mol. The molecule has 1 heterocycles. The Morgan fingerprint density at radius 3 is 2.76 bits per heavy atom. The Hall–Kier alpha value is -0.800. The monoisotopic (exact) mass is 294 g/mol. The lowest BCUT2D eigenvalue weighted by molar-refractivity contribution is 0.534. The van der Waals surface area contributed by atoms with Crippen LogP contribution in [0.15, 0.2) is 28.9 Å². The van der Waals surface area contributed by atoms with Gasteiger partial charge in [0, 0.05) is 28.1 Å². The quantitative estimate of drug-likeness (QED) is 0.918. The highest BCUT2D eigenvalue weighted by molar-refractivity contribution is 9.10. The number of hydrogen-bond donors (Lipinski definition) is 1. The number of halogens is 1. The van der Waals surface area contributed by atoms with Crippen molar-refractivity contribution < 1.29 is 0 Å². The first kappa shape index (κ1) is 12.7. The van der Waals surface area contributed by atoms with Gasteiger partial charge in [0.25, 0.3) is 0 Å². The maximum atomic E-state index is 5.69. The molecule has 2 nitrogen and oxygen atoms in total. The number of benzene rings is 1. The Kier molecular flexibility index (Phi) is 3.89. The lowest BCUT2D eigenvalue weighted by Crippen LogP contribution is -2.03. The highest BCUT2D eigenvalue weighted by Crippen LogP contribution is 2.29. The molecule has 0 amide bonds. The fraction of sp³-hybridized carbons (Fsp3) is 0.429. The van der Waals surface area contributed by atoms with E-state index in [0.717, 1.165) is 13.0 Å². The van der Waals surface area contributed by atoms with Crippen molar-refractivity contribution in [2.45, 2.75) is 26.8 Å². The molecule has 2 rings (SSSR count). The first-order chi connectivity index (χ1) is 8.13. The fourth-order valence-electron chi connectivity index (χ4n) is 2.28. The Morgan fingerprint density at radius 1 is 1.35 bits per heavy atom. The number of hydrogen-bond acceptors (Lipinski definition) is 1. The van der Waals surface area contributed by atoms with Crippen LogP contribution in [0.1, 0.15) is 19.4 Å². The summed E-state index contributed by atoms with van der Waals surface area (Å²) in [5.74, 6) is 0.648. The van der Waals surface area contributed by atoms with Gasteiger partial charge in [-0.1, -0.05) is 35.8 Å². The van der Waals surface area contributed by atoms with Crippen LogP contribution in [0.25, 0.3) is 10.9 Å². The van der Waals surface area contributed by atoms with Crippen LogP contribution in [0, 0.1) is 5.92 Å². The van der Waals surface area contributed by atoms with E-state index in [1.165, 1.54) is 20.9 Å². The van der Waals surface area contributed by atoms with Crippen LogP contribution in [0.2, 0.25) is 0 Å². The summed E-state index contributed by atoms with van der Waals surface area (Å²) in [4.78, 5) is 0. The number of rotatable bonds is 4. The van der Waals surface area contributed by atoms with Gasteiger partial charge < -0.3 is 10.3 Å². The van der Waals surface area contributed by atoms with Crippen molar-refractivity contribution in [1.29, 1.82) is 0 Å². The van der Waals surface area contributed by atoms with Crippen LogP contribution in [-0.2, 0) is 13.0 Å². The van der Waals surface area contributed by atoms with Crippen LogP contribution in [0.3, 0.4) is 0 Å². The minimum absolute atomic E-state index is 0.648. The van der Waals surface area contributed by atoms with Crippen LogP contribution in [0.4, 0.5) is 0 Å². The average molecular weight is 295 g/mol. The summed E-state index contributed by atoms with van der Waals surface area (Å²) in [6.07, 6.45) is 3.19. The number of fused-ring (bicyclic) bond motifs is 1. The SMILES string of the molecule is CC(C)Cn1cc(CCN)c2c(Br)cccc21. The van der Waals surface area contributed by atoms with Gasteiger partial charge in [-0.15, -0.1) is 0 Å². The van der Waals surface area contributed by atoms with E-state index in [1.54, 1.807) is 0 Å². The number of nitrogens with zero attached hydrogens (tertiary/aromatic N) is 1. The van der Waals surface area contributed by atoms with Crippen LogP contribution < -0.4 is 5.73 Å². The van der Waals surface area contributed by atoms with E-state index in [2.05, 4.69) is 58.7 Å². The molecule has 2 aromatic rings. The lowest BCUT2D eigenvalue weighted by atomic mass is 10.1. The molecule has 92 valence electrons. The standard InChI is InChI=1S/C14H19BrN2/c1-10(2)8-17-9-11(6-7-16)14-12(15)4-3-5-13(14)17/h3-5,9-10H,6-8,16H2,1-2H3. The molecule has 0 radical (unpaired) electrons. The number of aromatic nitrogens is 1. The second-order valence-corrected chi connectivity index (χ2v) is 5.73. The van der Waals surface area contributed by atoms with Gasteiger partial charge in [-0.2, -0.15) is 0 Å². The van der Waals surface area contributed by atoms with E-state index in [9.17, 15) is 0 Å². The third-order valence-corrected chi connectivity index (χ3v) is 3.57. The predicted molar refractivity (Wildman–Crippen MR) is 77.2 cm³/mol. The molecule has 0 aliphatic rings. The minimum atomic E-state index is 0.648. The molecule has 0 aliphatic heterocycles. The van der Waals surface area contributed by atoms with Gasteiger partial charge in [-0.3, -0.25) is 0 Å². The molecule has 0 saturated carbocycles. The van der Waals surface area contributed by atoms with Crippen LogP contribution in [0.5, 0.6) is 0 Å². The molecule has 0 unspecified atom stereocenters. The zero-order valence-electron chi connectivity index (χ0n) is 10.4. The maximum Gasteiger partial charge on any atom is 0.0494 e. The Balaban J connectivity index is 2.58. The van der Waals surface area contributed by atoms with Crippen LogP contribution in [-0.4, -0.2) is 11.1 Å². The van der Waals surface area contributed by atoms with Gasteiger partial charge in [-0.05, 0) is 36.6 Å². The molecule has 0 atom stereocenters. The van der Waals surface area contributed by atoms with Crippen molar-refractivity contribution in [2.75, 3.05) is 6.54 Å². The molecule has 0 aliphatic carbocycles. The van der Waals surface area contributed by atoms with E-state index in [-0.39, 0.29) is 0 Å². The van der Waals surface area contributed by atoms with Crippen LogP contribution >= 0.6 is 15.9 Å². The summed E-state index contributed by atoms with van der Waals surface area (Å²) >= 11 is 3.64. The van der Waals surface area contributed by atoms with Gasteiger partial charge in [0.05, 0.1) is 0 Å². The molecule has 1 aromatic carbocycles. The van der Waals surface area contributed by atoms with Gasteiger partial charge in [0.15, 0.2) is 0 Å². The highest BCUT2D eigenvalue weighted by atomic mass is 79.9. The molecule has 0 spiro atoms. The molecule has 3 heteroatoms. The molecule has 0 fully saturated rings. The first-order valence-electron chi connectivity index (χ1n) is 6.09. The molecule has 0 bridgehead atoms. The summed E-state index contributed by atoms with van der Waals surface area (Å²) in [5.41, 5.74) is 8.33. The van der Waals surface area contributed by atoms with Gasteiger partial charge >= 0.3 is 0 Å². The van der Waals surface area contributed by atoms with Crippen molar-refractivity contribution in [3.63, 3.8) is 0 Å². The van der Waals surface area contributed by atoms with Gasteiger partial charge in [0.1, 0.15) is 0 Å². The van der Waals surface area contributed by atoms with Crippen molar-refractivity contribution in [3.8, 4) is 0 Å². The smallest absolute Gasteiger partial charge is 0.0494 e. The third kappa shape index (κ3) is 2.55. The summed E-state index contributed by atoms with van der Waals surface area (Å²) in [5, 5.41) is 1.32. The van der Waals surface area contributed by atoms with Crippen molar-refractivity contribution in [2.24, 2.45) is 11.7 Å². The van der Waals surface area contributed by atoms with E-state index in [4.69, 9.17) is 5.73 Å². The van der Waals surface area contributed by atoms with E-state index < -0.39 is 0 Å². The molecule has 17 heavy (non-hydrogen) atoms. The van der Waals surface area contributed by atoms with Crippen molar-refractivity contribution in [1.82, 2.24) is 4.57 Å². The van der Waals surface area contributed by atoms with Crippen molar-refractivity contribution in [3.05, 3.63) is 34.4 Å². The lowest BCUT2D eigenvalue weighted by Gasteiger charge is -2.08. The van der Waals surface area contributed by atoms with Gasteiger partial charge in [0.2, 0.25) is 0 Å². The Labute approximate surface area is 111 Å². The normalized spacial score (nSPS) is 11.6. The Morgan fingerprint density at radius 2 is 2.12 bits per heavy atom. The fourth-order valence-corrected chi connectivity index (χ4v) is 2.89.